The van der Waals surface area contributed by atoms with Crippen molar-refractivity contribution in [3.63, 3.8) is 0 Å². The molecule has 33 heavy (non-hydrogen) atoms. The molecule has 0 saturated carbocycles. The van der Waals surface area contributed by atoms with E-state index in [1.165, 1.54) is 24.3 Å². The van der Waals surface area contributed by atoms with E-state index >= 15 is 0 Å². The van der Waals surface area contributed by atoms with Gasteiger partial charge in [-0.25, -0.2) is 8.42 Å². The van der Waals surface area contributed by atoms with E-state index in [9.17, 15) is 13.2 Å². The molecule has 1 amide bonds. The first-order valence-electron chi connectivity index (χ1n) is 10.1. The molecule has 0 aliphatic heterocycles. The highest BCUT2D eigenvalue weighted by molar-refractivity contribution is 7.92. The van der Waals surface area contributed by atoms with Crippen LogP contribution in [-0.2, 0) is 10.0 Å². The third-order valence-electron chi connectivity index (χ3n) is 4.92. The van der Waals surface area contributed by atoms with Crippen LogP contribution in [-0.4, -0.2) is 19.3 Å². The number of hydrogen-bond donors (Lipinski definition) is 2. The molecule has 8 heteroatoms. The highest BCUT2D eigenvalue weighted by atomic mass is 35.5. The Morgan fingerprint density at radius 1 is 0.818 bits per heavy atom. The van der Waals surface area contributed by atoms with Crippen molar-refractivity contribution < 1.29 is 13.2 Å². The summed E-state index contributed by atoms with van der Waals surface area (Å²) < 4.78 is 27.8. The average Bonchev–Trinajstić information content (AvgIpc) is 2.85. The number of anilines is 1. The summed E-state index contributed by atoms with van der Waals surface area (Å²) in [6, 6.07) is 26.7. The molecule has 1 heterocycles. The van der Waals surface area contributed by atoms with E-state index < -0.39 is 16.1 Å². The van der Waals surface area contributed by atoms with Crippen LogP contribution in [0.2, 0.25) is 5.02 Å². The molecular formula is C25H20ClN3O3S. The Bertz CT molecular complexity index is 1290. The van der Waals surface area contributed by atoms with Crippen LogP contribution >= 0.6 is 11.6 Å². The van der Waals surface area contributed by atoms with Gasteiger partial charge in [-0.3, -0.25) is 14.5 Å². The molecule has 3 aromatic carbocycles. The number of rotatable bonds is 7. The standard InChI is InChI=1S/C25H20ClN3O3S/c26-20-11-13-21(14-12-20)29-33(31,32)22-15-9-19(10-16-22)25(30)28-24(18-6-2-1-3-7-18)23-8-4-5-17-27-23/h1-17,24,29H,(H,28,30). The SMILES string of the molecule is O=C(NC(c1ccccc1)c1ccccn1)c1ccc(S(=O)(=O)Nc2ccc(Cl)cc2)cc1. The fourth-order valence-electron chi connectivity index (χ4n) is 3.25. The van der Waals surface area contributed by atoms with Gasteiger partial charge in [-0.05, 0) is 66.2 Å². The van der Waals surface area contributed by atoms with Gasteiger partial charge in [0, 0.05) is 22.5 Å². The summed E-state index contributed by atoms with van der Waals surface area (Å²) in [7, 11) is -3.81. The quantitative estimate of drug-likeness (QED) is 0.389. The number of nitrogens with zero attached hydrogens (tertiary/aromatic N) is 1. The lowest BCUT2D eigenvalue weighted by Crippen LogP contribution is -2.30. The van der Waals surface area contributed by atoms with Crippen LogP contribution in [0.1, 0.15) is 27.7 Å². The second-order valence-corrected chi connectivity index (χ2v) is 9.33. The minimum absolute atomic E-state index is 0.0401. The number of aromatic nitrogens is 1. The number of nitrogens with one attached hydrogen (secondary N) is 2. The van der Waals surface area contributed by atoms with Crippen LogP contribution in [0.3, 0.4) is 0 Å². The number of hydrogen-bond acceptors (Lipinski definition) is 4. The molecular weight excluding hydrogens is 458 g/mol. The number of sulfonamides is 1. The van der Waals surface area contributed by atoms with E-state index in [4.69, 9.17) is 11.6 Å². The lowest BCUT2D eigenvalue weighted by molar-refractivity contribution is 0.0942. The van der Waals surface area contributed by atoms with E-state index in [1.807, 2.05) is 48.5 Å². The molecule has 0 radical (unpaired) electrons. The van der Waals surface area contributed by atoms with Crippen LogP contribution in [0, 0.1) is 0 Å². The van der Waals surface area contributed by atoms with E-state index in [0.717, 1.165) is 5.56 Å². The summed E-state index contributed by atoms with van der Waals surface area (Å²) in [6.45, 7) is 0. The van der Waals surface area contributed by atoms with Crippen LogP contribution in [0.25, 0.3) is 0 Å². The molecule has 2 N–H and O–H groups in total. The number of amides is 1. The van der Waals surface area contributed by atoms with E-state index in [2.05, 4.69) is 15.0 Å². The van der Waals surface area contributed by atoms with Gasteiger partial charge in [-0.15, -0.1) is 0 Å². The Kier molecular flexibility index (Phi) is 6.72. The fourth-order valence-corrected chi connectivity index (χ4v) is 4.44. The van der Waals surface area contributed by atoms with E-state index in [0.29, 0.717) is 22.0 Å². The molecule has 1 aromatic heterocycles. The summed E-state index contributed by atoms with van der Waals surface area (Å²) in [5.41, 5.74) is 2.30. The number of pyridine rings is 1. The van der Waals surface area contributed by atoms with Crippen LogP contribution in [0.5, 0.6) is 0 Å². The van der Waals surface area contributed by atoms with Crippen molar-refractivity contribution >= 4 is 33.2 Å². The maximum atomic E-state index is 13.0. The molecule has 4 aromatic rings. The zero-order valence-electron chi connectivity index (χ0n) is 17.4. The first-order chi connectivity index (χ1) is 15.9. The third-order valence-corrected chi connectivity index (χ3v) is 6.56. The number of halogens is 1. The van der Waals surface area contributed by atoms with Crippen molar-refractivity contribution in [2.45, 2.75) is 10.9 Å². The van der Waals surface area contributed by atoms with Crippen molar-refractivity contribution in [1.29, 1.82) is 0 Å². The predicted octanol–water partition coefficient (Wildman–Crippen LogP) is 5.06. The first kappa shape index (κ1) is 22.5. The largest absolute Gasteiger partial charge is 0.340 e. The van der Waals surface area contributed by atoms with Crippen molar-refractivity contribution in [2.75, 3.05) is 4.72 Å². The summed E-state index contributed by atoms with van der Waals surface area (Å²) in [6.07, 6.45) is 1.67. The van der Waals surface area contributed by atoms with Gasteiger partial charge in [-0.2, -0.15) is 0 Å². The second kappa shape index (κ2) is 9.85. The normalized spacial score (nSPS) is 12.0. The Hall–Kier alpha value is -3.68. The number of carbonyl (C=O) groups excluding carboxylic acids is 1. The molecule has 1 atom stereocenters. The van der Waals surface area contributed by atoms with Crippen molar-refractivity contribution in [3.05, 3.63) is 125 Å². The Morgan fingerprint density at radius 3 is 2.12 bits per heavy atom. The van der Waals surface area contributed by atoms with Gasteiger partial charge in [0.25, 0.3) is 15.9 Å². The fraction of sp³-hybridized carbons (Fsp3) is 0.0400. The Labute approximate surface area is 197 Å². The monoisotopic (exact) mass is 477 g/mol. The maximum absolute atomic E-state index is 13.0. The molecule has 1 unspecified atom stereocenters. The third kappa shape index (κ3) is 5.58. The van der Waals surface area contributed by atoms with E-state index in [1.54, 1.807) is 30.5 Å². The van der Waals surface area contributed by atoms with Gasteiger partial charge in [0.15, 0.2) is 0 Å². The lowest BCUT2D eigenvalue weighted by Gasteiger charge is -2.19. The lowest BCUT2D eigenvalue weighted by atomic mass is 10.0. The number of benzene rings is 3. The topological polar surface area (TPSA) is 88.2 Å². The van der Waals surface area contributed by atoms with Crippen LogP contribution in [0.15, 0.2) is 108 Å². The van der Waals surface area contributed by atoms with E-state index in [-0.39, 0.29) is 10.8 Å². The summed E-state index contributed by atoms with van der Waals surface area (Å²) in [5, 5.41) is 3.50. The Morgan fingerprint density at radius 2 is 1.48 bits per heavy atom. The smallest absolute Gasteiger partial charge is 0.261 e. The summed E-state index contributed by atoms with van der Waals surface area (Å²) in [4.78, 5) is 17.4. The maximum Gasteiger partial charge on any atom is 0.261 e. The minimum Gasteiger partial charge on any atom is -0.340 e. The first-order valence-corrected chi connectivity index (χ1v) is 11.9. The average molecular weight is 478 g/mol. The minimum atomic E-state index is -3.81. The van der Waals surface area contributed by atoms with Gasteiger partial charge in [-0.1, -0.05) is 48.0 Å². The molecule has 0 aliphatic rings. The van der Waals surface area contributed by atoms with Gasteiger partial charge < -0.3 is 5.32 Å². The van der Waals surface area contributed by atoms with Crippen LogP contribution < -0.4 is 10.0 Å². The predicted molar refractivity (Wildman–Crippen MR) is 129 cm³/mol. The van der Waals surface area contributed by atoms with Crippen LogP contribution in [0.4, 0.5) is 5.69 Å². The molecule has 0 fully saturated rings. The highest BCUT2D eigenvalue weighted by Crippen LogP contribution is 2.22. The molecule has 0 aliphatic carbocycles. The van der Waals surface area contributed by atoms with Crippen molar-refractivity contribution in [1.82, 2.24) is 10.3 Å². The van der Waals surface area contributed by atoms with Gasteiger partial charge in [0.2, 0.25) is 0 Å². The molecule has 4 rings (SSSR count). The summed E-state index contributed by atoms with van der Waals surface area (Å²) in [5.74, 6) is -0.343. The second-order valence-electron chi connectivity index (χ2n) is 7.21. The molecule has 166 valence electrons. The van der Waals surface area contributed by atoms with Crippen molar-refractivity contribution in [2.24, 2.45) is 0 Å². The molecule has 6 nitrogen and oxygen atoms in total. The zero-order chi connectivity index (χ0) is 23.3. The van der Waals surface area contributed by atoms with Crippen molar-refractivity contribution in [3.8, 4) is 0 Å². The summed E-state index contributed by atoms with van der Waals surface area (Å²) >= 11 is 5.84. The molecule has 0 spiro atoms. The zero-order valence-corrected chi connectivity index (χ0v) is 18.9. The molecule has 0 bridgehead atoms. The molecule has 0 saturated heterocycles. The van der Waals surface area contributed by atoms with Gasteiger partial charge in [0.1, 0.15) is 0 Å². The van der Waals surface area contributed by atoms with Gasteiger partial charge >= 0.3 is 0 Å². The number of carbonyl (C=O) groups is 1. The van der Waals surface area contributed by atoms with Gasteiger partial charge in [0.05, 0.1) is 16.6 Å². The Balaban J connectivity index is 1.53. The highest BCUT2D eigenvalue weighted by Gasteiger charge is 2.20.